The van der Waals surface area contributed by atoms with Gasteiger partial charge in [-0.1, -0.05) is 19.3 Å². The number of rotatable bonds is 6. The molecule has 3 aromatic heterocycles. The Bertz CT molecular complexity index is 1300. The van der Waals surface area contributed by atoms with Crippen LogP contribution in [0.3, 0.4) is 0 Å². The zero-order chi connectivity index (χ0) is 25.8. The molecule has 3 aromatic rings. The standard InChI is InChI=1S/C29H35N7O/c1-19(2)33-29(37)20-9-12-36(13-10-20)28-24-8-11-31-17-21(24)14-26(35-28)25-15-27(32-18-22(25)16-30)34-23-6-4-3-5-7-23/h8,11,14-15,17-20,23H,3-7,9-10,12-13H2,1-2H3,(H,32,34)(H,33,37). The molecule has 37 heavy (non-hydrogen) atoms. The predicted octanol–water partition coefficient (Wildman–Crippen LogP) is 5.05. The van der Waals surface area contributed by atoms with E-state index in [0.29, 0.717) is 11.6 Å². The van der Waals surface area contributed by atoms with E-state index >= 15 is 0 Å². The Morgan fingerprint density at radius 3 is 2.62 bits per heavy atom. The van der Waals surface area contributed by atoms with Crippen LogP contribution in [0.25, 0.3) is 22.0 Å². The summed E-state index contributed by atoms with van der Waals surface area (Å²) in [5.41, 5.74) is 2.01. The minimum Gasteiger partial charge on any atom is -0.367 e. The van der Waals surface area contributed by atoms with E-state index in [1.165, 1.54) is 19.3 Å². The van der Waals surface area contributed by atoms with Crippen molar-refractivity contribution in [2.75, 3.05) is 23.3 Å². The van der Waals surface area contributed by atoms with Crippen LogP contribution in [-0.2, 0) is 4.79 Å². The van der Waals surface area contributed by atoms with Crippen LogP contribution in [0.4, 0.5) is 11.6 Å². The third-order valence-electron chi connectivity index (χ3n) is 7.47. The Balaban J connectivity index is 1.46. The zero-order valence-electron chi connectivity index (χ0n) is 21.7. The molecule has 2 N–H and O–H groups in total. The van der Waals surface area contributed by atoms with Crippen molar-refractivity contribution >= 4 is 28.3 Å². The second-order valence-corrected chi connectivity index (χ2v) is 10.6. The van der Waals surface area contributed by atoms with Crippen molar-refractivity contribution in [3.05, 3.63) is 42.4 Å². The molecule has 0 radical (unpaired) electrons. The van der Waals surface area contributed by atoms with Crippen LogP contribution >= 0.6 is 0 Å². The summed E-state index contributed by atoms with van der Waals surface area (Å²) in [7, 11) is 0. The fourth-order valence-electron chi connectivity index (χ4n) is 5.51. The first-order chi connectivity index (χ1) is 18.0. The van der Waals surface area contributed by atoms with Crippen molar-refractivity contribution in [2.45, 2.75) is 70.9 Å². The van der Waals surface area contributed by atoms with Crippen LogP contribution in [0.15, 0.2) is 36.8 Å². The van der Waals surface area contributed by atoms with Crippen LogP contribution in [0.1, 0.15) is 64.4 Å². The summed E-state index contributed by atoms with van der Waals surface area (Å²) >= 11 is 0. The quantitative estimate of drug-likeness (QED) is 0.491. The first-order valence-electron chi connectivity index (χ1n) is 13.5. The smallest absolute Gasteiger partial charge is 0.223 e. The molecule has 192 valence electrons. The number of anilines is 2. The van der Waals surface area contributed by atoms with Crippen LogP contribution in [-0.4, -0.2) is 46.0 Å². The predicted molar refractivity (Wildman–Crippen MR) is 146 cm³/mol. The number of hydrogen-bond donors (Lipinski definition) is 2. The van der Waals surface area contributed by atoms with Gasteiger partial charge >= 0.3 is 0 Å². The van der Waals surface area contributed by atoms with Gasteiger partial charge in [0.05, 0.1) is 11.3 Å². The normalized spacial score (nSPS) is 17.1. The molecule has 8 heteroatoms. The van der Waals surface area contributed by atoms with Gasteiger partial charge in [0.15, 0.2) is 0 Å². The van der Waals surface area contributed by atoms with Crippen molar-refractivity contribution in [2.24, 2.45) is 5.92 Å². The molecule has 2 aliphatic rings. The topological polar surface area (TPSA) is 107 Å². The Kier molecular flexibility index (Phi) is 7.50. The van der Waals surface area contributed by atoms with Gasteiger partial charge in [0.25, 0.3) is 0 Å². The molecular weight excluding hydrogens is 462 g/mol. The fraction of sp³-hybridized carbons (Fsp3) is 0.483. The maximum atomic E-state index is 12.6. The van der Waals surface area contributed by atoms with Gasteiger partial charge in [-0.25, -0.2) is 9.97 Å². The number of nitrogens with one attached hydrogen (secondary N) is 2. The van der Waals surface area contributed by atoms with Crippen molar-refractivity contribution in [3.8, 4) is 17.3 Å². The van der Waals surface area contributed by atoms with Gasteiger partial charge in [0.2, 0.25) is 5.91 Å². The molecule has 1 amide bonds. The lowest BCUT2D eigenvalue weighted by Crippen LogP contribution is -2.42. The molecular formula is C29H35N7O. The van der Waals surface area contributed by atoms with Crippen molar-refractivity contribution in [3.63, 3.8) is 0 Å². The minimum atomic E-state index is 0.0218. The third kappa shape index (κ3) is 5.66. The summed E-state index contributed by atoms with van der Waals surface area (Å²) in [6.45, 7) is 5.49. The second-order valence-electron chi connectivity index (χ2n) is 10.6. The summed E-state index contributed by atoms with van der Waals surface area (Å²) in [6.07, 6.45) is 12.9. The fourth-order valence-corrected chi connectivity index (χ4v) is 5.51. The van der Waals surface area contributed by atoms with Gasteiger partial charge in [0, 0.05) is 66.0 Å². The summed E-state index contributed by atoms with van der Waals surface area (Å²) in [5.74, 6) is 1.82. The molecule has 0 atom stereocenters. The molecule has 0 unspecified atom stereocenters. The number of piperidine rings is 1. The van der Waals surface area contributed by atoms with E-state index < -0.39 is 0 Å². The highest BCUT2D eigenvalue weighted by atomic mass is 16.1. The molecule has 5 rings (SSSR count). The van der Waals surface area contributed by atoms with Crippen LogP contribution in [0.2, 0.25) is 0 Å². The third-order valence-corrected chi connectivity index (χ3v) is 7.47. The van der Waals surface area contributed by atoms with Crippen molar-refractivity contribution < 1.29 is 4.79 Å². The Hall–Kier alpha value is -3.73. The Labute approximate surface area is 218 Å². The first-order valence-corrected chi connectivity index (χ1v) is 13.5. The van der Waals surface area contributed by atoms with Gasteiger partial charge < -0.3 is 15.5 Å². The lowest BCUT2D eigenvalue weighted by atomic mass is 9.95. The first kappa shape index (κ1) is 24.9. The summed E-state index contributed by atoms with van der Waals surface area (Å²) in [5, 5.41) is 18.5. The number of hydrogen-bond acceptors (Lipinski definition) is 7. The highest BCUT2D eigenvalue weighted by Crippen LogP contribution is 2.34. The molecule has 2 fully saturated rings. The van der Waals surface area contributed by atoms with Gasteiger partial charge in [-0.15, -0.1) is 0 Å². The molecule has 1 aliphatic heterocycles. The van der Waals surface area contributed by atoms with Gasteiger partial charge in [-0.2, -0.15) is 5.26 Å². The molecule has 0 aromatic carbocycles. The molecule has 1 saturated carbocycles. The number of nitriles is 1. The number of pyridine rings is 3. The number of carbonyl (C=O) groups is 1. The van der Waals surface area contributed by atoms with Crippen molar-refractivity contribution in [1.29, 1.82) is 5.26 Å². The SMILES string of the molecule is CC(C)NC(=O)C1CCN(c2nc(-c3cc(NC4CCCCC4)ncc3C#N)cc3cnccc23)CC1. The van der Waals surface area contributed by atoms with E-state index in [2.05, 4.69) is 31.6 Å². The monoisotopic (exact) mass is 497 g/mol. The molecule has 0 bridgehead atoms. The highest BCUT2D eigenvalue weighted by molar-refractivity contribution is 5.95. The molecule has 8 nitrogen and oxygen atoms in total. The van der Waals surface area contributed by atoms with E-state index in [1.807, 2.05) is 38.2 Å². The average Bonchev–Trinajstić information content (AvgIpc) is 2.92. The van der Waals surface area contributed by atoms with Gasteiger partial charge in [-0.3, -0.25) is 9.78 Å². The second kappa shape index (κ2) is 11.1. The van der Waals surface area contributed by atoms with Crippen LogP contribution in [0, 0.1) is 17.2 Å². The number of amides is 1. The van der Waals surface area contributed by atoms with E-state index in [0.717, 1.165) is 72.4 Å². The molecule has 1 saturated heterocycles. The number of nitrogens with zero attached hydrogens (tertiary/aromatic N) is 5. The lowest BCUT2D eigenvalue weighted by molar-refractivity contribution is -0.126. The molecule has 1 aliphatic carbocycles. The van der Waals surface area contributed by atoms with E-state index in [-0.39, 0.29) is 17.9 Å². The highest BCUT2D eigenvalue weighted by Gasteiger charge is 2.27. The zero-order valence-corrected chi connectivity index (χ0v) is 21.7. The van der Waals surface area contributed by atoms with Crippen LogP contribution in [0.5, 0.6) is 0 Å². The number of fused-ring (bicyclic) bond motifs is 1. The maximum Gasteiger partial charge on any atom is 0.223 e. The summed E-state index contributed by atoms with van der Waals surface area (Å²) in [6, 6.07) is 8.83. The minimum absolute atomic E-state index is 0.0218. The largest absolute Gasteiger partial charge is 0.367 e. The van der Waals surface area contributed by atoms with Gasteiger partial charge in [0.1, 0.15) is 17.7 Å². The van der Waals surface area contributed by atoms with E-state index in [1.54, 1.807) is 12.4 Å². The maximum absolute atomic E-state index is 12.6. The number of carbonyl (C=O) groups excluding carboxylic acids is 1. The molecule has 0 spiro atoms. The van der Waals surface area contributed by atoms with E-state index in [9.17, 15) is 10.1 Å². The van der Waals surface area contributed by atoms with E-state index in [4.69, 9.17) is 4.98 Å². The number of aromatic nitrogens is 3. The van der Waals surface area contributed by atoms with Crippen molar-refractivity contribution in [1.82, 2.24) is 20.3 Å². The lowest BCUT2D eigenvalue weighted by Gasteiger charge is -2.33. The summed E-state index contributed by atoms with van der Waals surface area (Å²) in [4.78, 5) is 28.8. The Morgan fingerprint density at radius 1 is 1.11 bits per heavy atom. The summed E-state index contributed by atoms with van der Waals surface area (Å²) < 4.78 is 0. The van der Waals surface area contributed by atoms with Crippen LogP contribution < -0.4 is 15.5 Å². The van der Waals surface area contributed by atoms with Gasteiger partial charge in [-0.05, 0) is 57.7 Å². The Morgan fingerprint density at radius 2 is 1.89 bits per heavy atom. The average molecular weight is 498 g/mol. The molecule has 4 heterocycles.